The number of unbranched alkanes of at least 4 members (excludes halogenated alkanes) is 5. The number of ether oxygens (including phenoxy) is 2. The Morgan fingerprint density at radius 3 is 2.40 bits per heavy atom. The second-order valence-electron chi connectivity index (χ2n) is 9.36. The molecule has 1 N–H and O–H groups in total. The maximum absolute atomic E-state index is 13.4. The summed E-state index contributed by atoms with van der Waals surface area (Å²) in [6, 6.07) is 4.82. The van der Waals surface area contributed by atoms with E-state index < -0.39 is 11.5 Å². The van der Waals surface area contributed by atoms with E-state index in [9.17, 15) is 14.7 Å². The Labute approximate surface area is 209 Å². The lowest BCUT2D eigenvalue weighted by atomic mass is 10.1. The van der Waals surface area contributed by atoms with Gasteiger partial charge in [-0.25, -0.2) is 0 Å². The van der Waals surface area contributed by atoms with Crippen LogP contribution in [0.3, 0.4) is 0 Å². The van der Waals surface area contributed by atoms with Crippen LogP contribution in [0.1, 0.15) is 86.0 Å². The van der Waals surface area contributed by atoms with Crippen LogP contribution >= 0.6 is 0 Å². The summed E-state index contributed by atoms with van der Waals surface area (Å²) < 4.78 is 13.0. The summed E-state index contributed by atoms with van der Waals surface area (Å²) in [4.78, 5) is 25.3. The Kier molecular flexibility index (Phi) is 11.6. The second kappa shape index (κ2) is 14.4. The number of aryl methyl sites for hydroxylation is 1. The second-order valence-corrected chi connectivity index (χ2v) is 9.36. The van der Waals surface area contributed by atoms with Crippen LogP contribution in [0.2, 0.25) is 0 Å². The predicted molar refractivity (Wildman–Crippen MR) is 142 cm³/mol. The Morgan fingerprint density at radius 1 is 1.00 bits per heavy atom. The largest absolute Gasteiger partial charge is 0.508 e. The summed E-state index contributed by atoms with van der Waals surface area (Å²) >= 11 is 0. The standard InChI is InChI=1S/C29H41NO5/c1-6-7-8-9-10-11-18-30-26-20-24(32)15-16-25(26)27(28(29(30)33)35-23(5)31)34-19-17-22(4)14-12-13-21(2)3/h13,15-17,20,32H,6-12,14,18-19H2,1-5H3/b22-17+. The topological polar surface area (TPSA) is 77.8 Å². The lowest BCUT2D eigenvalue weighted by Gasteiger charge is -2.17. The average Bonchev–Trinajstić information content (AvgIpc) is 2.79. The van der Waals surface area contributed by atoms with Gasteiger partial charge in [-0.1, -0.05) is 56.3 Å². The third-order valence-corrected chi connectivity index (χ3v) is 5.89. The smallest absolute Gasteiger partial charge is 0.308 e. The minimum Gasteiger partial charge on any atom is -0.508 e. The number of carbonyl (C=O) groups excluding carboxylic acids is 1. The number of esters is 1. The van der Waals surface area contributed by atoms with E-state index >= 15 is 0 Å². The van der Waals surface area contributed by atoms with Crippen LogP contribution in [-0.2, 0) is 11.3 Å². The lowest BCUT2D eigenvalue weighted by molar-refractivity contribution is -0.132. The molecule has 1 heterocycles. The highest BCUT2D eigenvalue weighted by Gasteiger charge is 2.21. The molecule has 0 aliphatic rings. The van der Waals surface area contributed by atoms with Crippen LogP contribution < -0.4 is 15.0 Å². The first kappa shape index (κ1) is 28.2. The number of hydrogen-bond acceptors (Lipinski definition) is 5. The van der Waals surface area contributed by atoms with E-state index in [1.807, 2.05) is 13.0 Å². The first-order valence-electron chi connectivity index (χ1n) is 12.7. The summed E-state index contributed by atoms with van der Waals surface area (Å²) in [5.41, 5.74) is 2.61. The summed E-state index contributed by atoms with van der Waals surface area (Å²) in [6.07, 6.45) is 12.6. The molecule has 192 valence electrons. The molecular formula is C29H41NO5. The van der Waals surface area contributed by atoms with E-state index in [1.54, 1.807) is 22.8 Å². The number of nitrogens with zero attached hydrogens (tertiary/aromatic N) is 1. The van der Waals surface area contributed by atoms with Gasteiger partial charge in [-0.3, -0.25) is 9.59 Å². The number of phenols is 1. The molecule has 0 fully saturated rings. The van der Waals surface area contributed by atoms with Gasteiger partial charge in [0.1, 0.15) is 12.4 Å². The van der Waals surface area contributed by atoms with Gasteiger partial charge in [0.25, 0.3) is 5.56 Å². The molecule has 0 aliphatic carbocycles. The van der Waals surface area contributed by atoms with Crippen LogP contribution in [0, 0.1) is 0 Å². The Bertz CT molecular complexity index is 1110. The Hall–Kier alpha value is -3.02. The minimum atomic E-state index is -0.579. The van der Waals surface area contributed by atoms with Crippen molar-refractivity contribution in [2.24, 2.45) is 0 Å². The average molecular weight is 484 g/mol. The monoisotopic (exact) mass is 483 g/mol. The number of fused-ring (bicyclic) bond motifs is 1. The van der Waals surface area contributed by atoms with Crippen molar-refractivity contribution in [2.45, 2.75) is 92.5 Å². The van der Waals surface area contributed by atoms with E-state index in [4.69, 9.17) is 9.47 Å². The van der Waals surface area contributed by atoms with Crippen molar-refractivity contribution in [1.29, 1.82) is 0 Å². The SMILES string of the molecule is CCCCCCCCn1c(=O)c(OC(C)=O)c(OC/C=C(\C)CCC=C(C)C)c2ccc(O)cc21. The number of benzene rings is 1. The highest BCUT2D eigenvalue weighted by molar-refractivity contribution is 5.90. The first-order valence-corrected chi connectivity index (χ1v) is 12.7. The Balaban J connectivity index is 2.37. The maximum Gasteiger partial charge on any atom is 0.308 e. The molecule has 6 nitrogen and oxygen atoms in total. The molecule has 6 heteroatoms. The molecular weight excluding hydrogens is 442 g/mol. The summed E-state index contributed by atoms with van der Waals surface area (Å²) in [5, 5.41) is 10.8. The molecule has 0 bridgehead atoms. The number of hydrogen-bond donors (Lipinski definition) is 1. The third-order valence-electron chi connectivity index (χ3n) is 5.89. The van der Waals surface area contributed by atoms with Crippen molar-refractivity contribution in [2.75, 3.05) is 6.61 Å². The van der Waals surface area contributed by atoms with Crippen LogP contribution in [0.15, 0.2) is 46.3 Å². The van der Waals surface area contributed by atoms with Gasteiger partial charge in [-0.15, -0.1) is 0 Å². The number of aromatic nitrogens is 1. The van der Waals surface area contributed by atoms with Crippen molar-refractivity contribution in [1.82, 2.24) is 4.57 Å². The molecule has 1 aromatic carbocycles. The molecule has 0 amide bonds. The number of aromatic hydroxyl groups is 1. The van der Waals surface area contributed by atoms with Gasteiger partial charge in [0.05, 0.1) is 5.52 Å². The minimum absolute atomic E-state index is 0.0646. The van der Waals surface area contributed by atoms with Crippen LogP contribution in [0.25, 0.3) is 10.9 Å². The summed E-state index contributed by atoms with van der Waals surface area (Å²) in [7, 11) is 0. The molecule has 2 rings (SSSR count). The zero-order valence-electron chi connectivity index (χ0n) is 22.0. The van der Waals surface area contributed by atoms with Crippen molar-refractivity contribution >= 4 is 16.9 Å². The zero-order valence-corrected chi connectivity index (χ0v) is 22.0. The zero-order chi connectivity index (χ0) is 25.8. The fraction of sp³-hybridized carbons (Fsp3) is 0.517. The lowest BCUT2D eigenvalue weighted by Crippen LogP contribution is -2.25. The van der Waals surface area contributed by atoms with Crippen molar-refractivity contribution in [3.63, 3.8) is 0 Å². The van der Waals surface area contributed by atoms with Gasteiger partial charge in [-0.2, -0.15) is 0 Å². The van der Waals surface area contributed by atoms with Gasteiger partial charge < -0.3 is 19.1 Å². The number of pyridine rings is 1. The van der Waals surface area contributed by atoms with Crippen molar-refractivity contribution < 1.29 is 19.4 Å². The highest BCUT2D eigenvalue weighted by atomic mass is 16.6. The number of allylic oxidation sites excluding steroid dienone is 3. The summed E-state index contributed by atoms with van der Waals surface area (Å²) in [5.74, 6) is -0.385. The van der Waals surface area contributed by atoms with Crippen LogP contribution in [0.5, 0.6) is 17.2 Å². The molecule has 0 saturated heterocycles. The van der Waals surface area contributed by atoms with Gasteiger partial charge >= 0.3 is 5.97 Å². The molecule has 35 heavy (non-hydrogen) atoms. The molecule has 1 aromatic heterocycles. The fourth-order valence-corrected chi connectivity index (χ4v) is 3.99. The van der Waals surface area contributed by atoms with E-state index in [-0.39, 0.29) is 23.9 Å². The predicted octanol–water partition coefficient (Wildman–Crippen LogP) is 7.06. The fourth-order valence-electron chi connectivity index (χ4n) is 3.99. The van der Waals surface area contributed by atoms with Crippen LogP contribution in [0.4, 0.5) is 0 Å². The molecule has 0 aliphatic heterocycles. The quantitative estimate of drug-likeness (QED) is 0.177. The van der Waals surface area contributed by atoms with Gasteiger partial charge in [0.2, 0.25) is 5.75 Å². The van der Waals surface area contributed by atoms with Crippen molar-refractivity contribution in [3.05, 3.63) is 51.9 Å². The summed E-state index contributed by atoms with van der Waals surface area (Å²) in [6.45, 7) is 10.4. The maximum atomic E-state index is 13.4. The van der Waals surface area contributed by atoms with E-state index in [0.717, 1.165) is 32.1 Å². The molecule has 0 spiro atoms. The molecule has 0 saturated carbocycles. The molecule has 0 unspecified atom stereocenters. The molecule has 0 atom stereocenters. The number of rotatable bonds is 14. The number of carbonyl (C=O) groups is 1. The molecule has 0 radical (unpaired) electrons. The van der Waals surface area contributed by atoms with E-state index in [2.05, 4.69) is 26.8 Å². The van der Waals surface area contributed by atoms with Gasteiger partial charge in [0.15, 0.2) is 5.75 Å². The van der Waals surface area contributed by atoms with Crippen LogP contribution in [-0.4, -0.2) is 22.2 Å². The third kappa shape index (κ3) is 8.93. The Morgan fingerprint density at radius 2 is 1.71 bits per heavy atom. The number of phenolic OH excluding ortho intramolecular Hbond substituents is 1. The normalized spacial score (nSPS) is 11.5. The molecule has 2 aromatic rings. The highest BCUT2D eigenvalue weighted by Crippen LogP contribution is 2.35. The van der Waals surface area contributed by atoms with Gasteiger partial charge in [0, 0.05) is 24.9 Å². The van der Waals surface area contributed by atoms with Gasteiger partial charge in [-0.05, 0) is 58.2 Å². The van der Waals surface area contributed by atoms with E-state index in [0.29, 0.717) is 17.4 Å². The van der Waals surface area contributed by atoms with E-state index in [1.165, 1.54) is 37.3 Å². The van der Waals surface area contributed by atoms with Crippen molar-refractivity contribution in [3.8, 4) is 17.2 Å². The first-order chi connectivity index (χ1) is 16.7.